The fourth-order valence-corrected chi connectivity index (χ4v) is 3.33. The molecule has 0 radical (unpaired) electrons. The number of nitrogens with zero attached hydrogens (tertiary/aromatic N) is 1. The molecule has 26 heavy (non-hydrogen) atoms. The highest BCUT2D eigenvalue weighted by Crippen LogP contribution is 2.32. The van der Waals surface area contributed by atoms with Crippen LogP contribution >= 0.6 is 11.6 Å². The minimum Gasteiger partial charge on any atom is -0.495 e. The topological polar surface area (TPSA) is 58.6 Å². The highest BCUT2D eigenvalue weighted by molar-refractivity contribution is 6.31. The smallest absolute Gasteiger partial charge is 0.229 e. The molecular weight excluding hydrogens is 352 g/mol. The van der Waals surface area contributed by atoms with Gasteiger partial charge in [0.1, 0.15) is 5.75 Å². The third-order valence-corrected chi connectivity index (χ3v) is 5.05. The molecule has 1 heterocycles. The van der Waals surface area contributed by atoms with E-state index in [-0.39, 0.29) is 18.2 Å². The van der Waals surface area contributed by atoms with Crippen LogP contribution in [0.4, 0.5) is 11.4 Å². The Morgan fingerprint density at radius 3 is 2.77 bits per heavy atom. The molecule has 0 spiro atoms. The standard InChI is InChI=1S/C20H21ClN2O3/c1-12-7-8-18(26-3)16(9-12)22-20(25)14-10-19(24)23(11-14)17-6-4-5-15(21)13(17)2/h4-9,14H,10-11H2,1-3H3,(H,22,25). The lowest BCUT2D eigenvalue weighted by Gasteiger charge is -2.20. The zero-order valence-electron chi connectivity index (χ0n) is 15.0. The summed E-state index contributed by atoms with van der Waals surface area (Å²) < 4.78 is 5.30. The van der Waals surface area contributed by atoms with Crippen LogP contribution in [0.3, 0.4) is 0 Å². The van der Waals surface area contributed by atoms with Crippen molar-refractivity contribution in [1.82, 2.24) is 0 Å². The normalized spacial score (nSPS) is 16.7. The third kappa shape index (κ3) is 3.53. The number of rotatable bonds is 4. The monoisotopic (exact) mass is 372 g/mol. The molecule has 136 valence electrons. The first-order chi connectivity index (χ1) is 12.4. The van der Waals surface area contributed by atoms with E-state index in [4.69, 9.17) is 16.3 Å². The lowest BCUT2D eigenvalue weighted by molar-refractivity contribution is -0.122. The summed E-state index contributed by atoms with van der Waals surface area (Å²) in [5.74, 6) is -0.0990. The third-order valence-electron chi connectivity index (χ3n) is 4.64. The lowest BCUT2D eigenvalue weighted by Crippen LogP contribution is -2.28. The number of methoxy groups -OCH3 is 1. The van der Waals surface area contributed by atoms with Gasteiger partial charge in [0.2, 0.25) is 11.8 Å². The molecule has 2 aromatic carbocycles. The van der Waals surface area contributed by atoms with Crippen LogP contribution in [-0.4, -0.2) is 25.5 Å². The molecule has 0 aromatic heterocycles. The van der Waals surface area contributed by atoms with E-state index < -0.39 is 5.92 Å². The zero-order chi connectivity index (χ0) is 18.8. The summed E-state index contributed by atoms with van der Waals surface area (Å²) in [5.41, 5.74) is 3.22. The van der Waals surface area contributed by atoms with E-state index in [0.29, 0.717) is 23.0 Å². The highest BCUT2D eigenvalue weighted by Gasteiger charge is 2.36. The van der Waals surface area contributed by atoms with Gasteiger partial charge in [0.25, 0.3) is 0 Å². The number of anilines is 2. The first-order valence-corrected chi connectivity index (χ1v) is 8.79. The summed E-state index contributed by atoms with van der Waals surface area (Å²) in [5, 5.41) is 3.50. The molecule has 6 heteroatoms. The molecule has 1 fully saturated rings. The minimum absolute atomic E-state index is 0.0771. The molecule has 0 saturated carbocycles. The minimum atomic E-state index is -0.425. The molecule has 0 aliphatic carbocycles. The summed E-state index contributed by atoms with van der Waals surface area (Å²) >= 11 is 6.16. The molecule has 2 aromatic rings. The lowest BCUT2D eigenvalue weighted by atomic mass is 10.1. The van der Waals surface area contributed by atoms with Crippen LogP contribution in [0, 0.1) is 19.8 Å². The first-order valence-electron chi connectivity index (χ1n) is 8.41. The van der Waals surface area contributed by atoms with Crippen LogP contribution < -0.4 is 15.0 Å². The Kier molecular flexibility index (Phi) is 5.18. The summed E-state index contributed by atoms with van der Waals surface area (Å²) in [6.07, 6.45) is 0.173. The largest absolute Gasteiger partial charge is 0.495 e. The molecule has 1 atom stereocenters. The van der Waals surface area contributed by atoms with Gasteiger partial charge in [0, 0.05) is 23.7 Å². The number of hydrogen-bond acceptors (Lipinski definition) is 3. The van der Waals surface area contributed by atoms with E-state index in [0.717, 1.165) is 16.8 Å². The van der Waals surface area contributed by atoms with Crippen molar-refractivity contribution in [2.24, 2.45) is 5.92 Å². The molecule has 2 amide bonds. The Morgan fingerprint density at radius 2 is 2.04 bits per heavy atom. The Balaban J connectivity index is 1.77. The van der Waals surface area contributed by atoms with Crippen molar-refractivity contribution in [3.63, 3.8) is 0 Å². The summed E-state index contributed by atoms with van der Waals surface area (Å²) in [6.45, 7) is 4.15. The molecular formula is C20H21ClN2O3. The van der Waals surface area contributed by atoms with E-state index in [1.54, 1.807) is 18.1 Å². The second-order valence-electron chi connectivity index (χ2n) is 6.48. The number of nitrogens with one attached hydrogen (secondary N) is 1. The van der Waals surface area contributed by atoms with E-state index in [1.807, 2.05) is 44.2 Å². The SMILES string of the molecule is COc1ccc(C)cc1NC(=O)C1CC(=O)N(c2cccc(Cl)c2C)C1. The van der Waals surface area contributed by atoms with Gasteiger partial charge in [-0.3, -0.25) is 9.59 Å². The predicted molar refractivity (Wildman–Crippen MR) is 103 cm³/mol. The van der Waals surface area contributed by atoms with Crippen LogP contribution in [-0.2, 0) is 9.59 Å². The van der Waals surface area contributed by atoms with Gasteiger partial charge in [-0.2, -0.15) is 0 Å². The number of hydrogen-bond donors (Lipinski definition) is 1. The molecule has 1 aliphatic rings. The number of benzene rings is 2. The van der Waals surface area contributed by atoms with Crippen molar-refractivity contribution < 1.29 is 14.3 Å². The predicted octanol–water partition coefficient (Wildman–Crippen LogP) is 3.96. The zero-order valence-corrected chi connectivity index (χ0v) is 15.8. The van der Waals surface area contributed by atoms with Gasteiger partial charge in [-0.1, -0.05) is 23.7 Å². The first kappa shape index (κ1) is 18.3. The van der Waals surface area contributed by atoms with Gasteiger partial charge in [-0.05, 0) is 49.2 Å². The maximum Gasteiger partial charge on any atom is 0.229 e. The van der Waals surface area contributed by atoms with E-state index in [2.05, 4.69) is 5.32 Å². The average Bonchev–Trinajstić information content (AvgIpc) is 2.99. The van der Waals surface area contributed by atoms with E-state index in [1.165, 1.54) is 0 Å². The number of halogens is 1. The maximum absolute atomic E-state index is 12.7. The van der Waals surface area contributed by atoms with Crippen molar-refractivity contribution in [3.8, 4) is 5.75 Å². The Morgan fingerprint density at radius 1 is 1.27 bits per heavy atom. The van der Waals surface area contributed by atoms with Crippen LogP contribution in [0.25, 0.3) is 0 Å². The van der Waals surface area contributed by atoms with Gasteiger partial charge in [0.05, 0.1) is 18.7 Å². The van der Waals surface area contributed by atoms with Crippen molar-refractivity contribution >= 4 is 34.8 Å². The fraction of sp³-hybridized carbons (Fsp3) is 0.300. The molecule has 5 nitrogen and oxygen atoms in total. The second-order valence-corrected chi connectivity index (χ2v) is 6.89. The molecule has 1 N–H and O–H groups in total. The molecule has 0 bridgehead atoms. The van der Waals surface area contributed by atoms with Crippen LogP contribution in [0.1, 0.15) is 17.5 Å². The molecule has 3 rings (SSSR count). The van der Waals surface area contributed by atoms with E-state index >= 15 is 0 Å². The molecule has 1 aliphatic heterocycles. The van der Waals surface area contributed by atoms with Gasteiger partial charge in [-0.25, -0.2) is 0 Å². The van der Waals surface area contributed by atoms with Gasteiger partial charge >= 0.3 is 0 Å². The maximum atomic E-state index is 12.7. The second kappa shape index (κ2) is 7.38. The summed E-state index contributed by atoms with van der Waals surface area (Å²) in [6, 6.07) is 11.0. The van der Waals surface area contributed by atoms with Crippen molar-refractivity contribution in [1.29, 1.82) is 0 Å². The number of carbonyl (C=O) groups excluding carboxylic acids is 2. The quantitative estimate of drug-likeness (QED) is 0.883. The Labute approximate surface area is 157 Å². The Hall–Kier alpha value is -2.53. The molecule has 1 saturated heterocycles. The summed E-state index contributed by atoms with van der Waals surface area (Å²) in [7, 11) is 1.56. The Bertz CT molecular complexity index is 866. The number of ether oxygens (including phenoxy) is 1. The van der Waals surface area contributed by atoms with Gasteiger partial charge < -0.3 is 15.0 Å². The number of carbonyl (C=O) groups is 2. The van der Waals surface area contributed by atoms with Crippen LogP contribution in [0.5, 0.6) is 5.75 Å². The molecule has 1 unspecified atom stereocenters. The summed E-state index contributed by atoms with van der Waals surface area (Å²) in [4.78, 5) is 26.8. The van der Waals surface area contributed by atoms with Crippen LogP contribution in [0.2, 0.25) is 5.02 Å². The number of amides is 2. The van der Waals surface area contributed by atoms with Crippen molar-refractivity contribution in [3.05, 3.63) is 52.5 Å². The highest BCUT2D eigenvalue weighted by atomic mass is 35.5. The van der Waals surface area contributed by atoms with E-state index in [9.17, 15) is 9.59 Å². The fourth-order valence-electron chi connectivity index (χ4n) is 3.16. The van der Waals surface area contributed by atoms with Gasteiger partial charge in [0.15, 0.2) is 0 Å². The average molecular weight is 373 g/mol. The van der Waals surface area contributed by atoms with Crippen molar-refractivity contribution in [2.75, 3.05) is 23.9 Å². The van der Waals surface area contributed by atoms with Crippen molar-refractivity contribution in [2.45, 2.75) is 20.3 Å². The van der Waals surface area contributed by atoms with Gasteiger partial charge in [-0.15, -0.1) is 0 Å². The van der Waals surface area contributed by atoms with Crippen LogP contribution in [0.15, 0.2) is 36.4 Å². The number of aryl methyl sites for hydroxylation is 1.